The van der Waals surface area contributed by atoms with E-state index >= 15 is 0 Å². The van der Waals surface area contributed by atoms with Gasteiger partial charge >= 0.3 is 0 Å². The number of imidazole rings is 1. The number of aromatic nitrogens is 2. The first-order valence-corrected chi connectivity index (χ1v) is 6.47. The number of fused-ring (bicyclic) bond motifs is 1. The number of nitrogens with zero attached hydrogens (tertiary/aromatic N) is 1. The van der Waals surface area contributed by atoms with Crippen molar-refractivity contribution < 1.29 is 4.74 Å². The van der Waals surface area contributed by atoms with E-state index in [1.165, 1.54) is 5.56 Å². The lowest BCUT2D eigenvalue weighted by molar-refractivity contribution is 0.145. The zero-order valence-corrected chi connectivity index (χ0v) is 11.1. The van der Waals surface area contributed by atoms with Crippen molar-refractivity contribution in [1.82, 2.24) is 9.97 Å². The average Bonchev–Trinajstić information content (AvgIpc) is 2.78. The fourth-order valence-electron chi connectivity index (χ4n) is 1.88. The number of ether oxygens (including phenoxy) is 1. The van der Waals surface area contributed by atoms with Gasteiger partial charge in [0.25, 0.3) is 0 Å². The highest BCUT2D eigenvalue weighted by Crippen LogP contribution is 2.18. The first kappa shape index (κ1) is 13.1. The Balaban J connectivity index is 2.07. The molecule has 0 bridgehead atoms. The van der Waals surface area contributed by atoms with Gasteiger partial charge in [0.05, 0.1) is 24.2 Å². The second-order valence-electron chi connectivity index (χ2n) is 4.78. The summed E-state index contributed by atoms with van der Waals surface area (Å²) in [6.07, 6.45) is 0.909. The molecule has 1 aromatic heterocycles. The van der Waals surface area contributed by atoms with Gasteiger partial charge in [-0.05, 0) is 24.1 Å². The highest BCUT2D eigenvalue weighted by Gasteiger charge is 2.06. The van der Waals surface area contributed by atoms with Crippen LogP contribution in [0.25, 0.3) is 11.0 Å². The first-order chi connectivity index (χ1) is 8.70. The van der Waals surface area contributed by atoms with Crippen LogP contribution in [0.4, 0.5) is 0 Å². The van der Waals surface area contributed by atoms with Gasteiger partial charge in [-0.2, -0.15) is 0 Å². The van der Waals surface area contributed by atoms with Gasteiger partial charge in [-0.25, -0.2) is 4.98 Å². The number of hydrogen-bond donors (Lipinski definition) is 2. The normalized spacial score (nSPS) is 11.6. The molecule has 0 aliphatic carbocycles. The van der Waals surface area contributed by atoms with Gasteiger partial charge in [0.2, 0.25) is 0 Å². The van der Waals surface area contributed by atoms with Crippen LogP contribution in [0.5, 0.6) is 0 Å². The summed E-state index contributed by atoms with van der Waals surface area (Å²) in [7, 11) is 0. The maximum Gasteiger partial charge on any atom is 0.109 e. The topological polar surface area (TPSA) is 63.9 Å². The molecule has 0 spiro atoms. The highest BCUT2D eigenvalue weighted by atomic mass is 16.5. The summed E-state index contributed by atoms with van der Waals surface area (Å²) in [6, 6.07) is 6.33. The minimum atomic E-state index is 0.425. The molecule has 0 saturated heterocycles. The van der Waals surface area contributed by atoms with Crippen LogP contribution in [0, 0.1) is 0 Å². The van der Waals surface area contributed by atoms with E-state index in [1.54, 1.807) is 0 Å². The van der Waals surface area contributed by atoms with Crippen molar-refractivity contribution in [3.63, 3.8) is 0 Å². The molecule has 0 atom stereocenters. The lowest BCUT2D eigenvalue weighted by atomic mass is 10.1. The zero-order chi connectivity index (χ0) is 13.0. The molecular formula is C14H21N3O. The van der Waals surface area contributed by atoms with Crippen molar-refractivity contribution >= 4 is 11.0 Å². The molecule has 1 aromatic carbocycles. The van der Waals surface area contributed by atoms with E-state index < -0.39 is 0 Å². The molecule has 98 valence electrons. The van der Waals surface area contributed by atoms with E-state index in [0.29, 0.717) is 25.7 Å². The molecule has 0 unspecified atom stereocenters. The summed E-state index contributed by atoms with van der Waals surface area (Å²) < 4.78 is 5.39. The average molecular weight is 247 g/mol. The molecule has 3 N–H and O–H groups in total. The summed E-state index contributed by atoms with van der Waals surface area (Å²) in [5, 5.41) is 0. The molecular weight excluding hydrogens is 226 g/mol. The second-order valence-corrected chi connectivity index (χ2v) is 4.78. The summed E-state index contributed by atoms with van der Waals surface area (Å²) in [5.41, 5.74) is 8.78. The van der Waals surface area contributed by atoms with Crippen LogP contribution in [0.1, 0.15) is 31.2 Å². The summed E-state index contributed by atoms with van der Waals surface area (Å²) in [5.74, 6) is 1.47. The molecule has 0 fully saturated rings. The van der Waals surface area contributed by atoms with Gasteiger partial charge in [0, 0.05) is 12.5 Å². The number of rotatable bonds is 6. The number of H-pyrrole nitrogens is 1. The predicted molar refractivity (Wildman–Crippen MR) is 73.8 cm³/mol. The number of aromatic amines is 1. The van der Waals surface area contributed by atoms with Crippen molar-refractivity contribution in [1.29, 1.82) is 0 Å². The Labute approximate surface area is 108 Å². The predicted octanol–water partition coefficient (Wildman–Crippen LogP) is 2.20. The largest absolute Gasteiger partial charge is 0.380 e. The van der Waals surface area contributed by atoms with Gasteiger partial charge in [0.15, 0.2) is 0 Å². The van der Waals surface area contributed by atoms with Gasteiger partial charge < -0.3 is 15.5 Å². The van der Waals surface area contributed by atoms with Gasteiger partial charge in [0.1, 0.15) is 5.82 Å². The Kier molecular flexibility index (Phi) is 4.33. The Bertz CT molecular complexity index is 505. The third kappa shape index (κ3) is 3.09. The summed E-state index contributed by atoms with van der Waals surface area (Å²) >= 11 is 0. The lowest BCUT2D eigenvalue weighted by Gasteiger charge is -2.02. The Hall–Kier alpha value is -1.39. The third-order valence-corrected chi connectivity index (χ3v) is 2.91. The Morgan fingerprint density at radius 1 is 1.33 bits per heavy atom. The van der Waals surface area contributed by atoms with E-state index in [2.05, 4.69) is 42.0 Å². The van der Waals surface area contributed by atoms with Crippen molar-refractivity contribution in [3.05, 3.63) is 29.6 Å². The van der Waals surface area contributed by atoms with Crippen LogP contribution in [0.3, 0.4) is 0 Å². The number of hydrogen-bond acceptors (Lipinski definition) is 3. The van der Waals surface area contributed by atoms with Crippen LogP contribution >= 0.6 is 0 Å². The standard InChI is InChI=1S/C14H21N3O/c1-10(2)14-16-12-4-3-11(9-13(12)17-14)5-7-18-8-6-15/h3-4,9-10H,5-8,15H2,1-2H3,(H,16,17). The molecule has 18 heavy (non-hydrogen) atoms. The molecule has 2 rings (SSSR count). The fourth-order valence-corrected chi connectivity index (χ4v) is 1.88. The monoisotopic (exact) mass is 247 g/mol. The molecule has 0 saturated carbocycles. The van der Waals surface area contributed by atoms with Crippen molar-refractivity contribution in [2.45, 2.75) is 26.2 Å². The molecule has 0 radical (unpaired) electrons. The minimum Gasteiger partial charge on any atom is -0.380 e. The Morgan fingerprint density at radius 3 is 2.89 bits per heavy atom. The second kappa shape index (κ2) is 5.98. The van der Waals surface area contributed by atoms with Gasteiger partial charge in [-0.3, -0.25) is 0 Å². The quantitative estimate of drug-likeness (QED) is 0.769. The molecule has 2 aromatic rings. The molecule has 1 heterocycles. The van der Waals surface area contributed by atoms with Crippen LogP contribution < -0.4 is 5.73 Å². The van der Waals surface area contributed by atoms with Crippen LogP contribution in [-0.4, -0.2) is 29.7 Å². The van der Waals surface area contributed by atoms with Crippen LogP contribution in [-0.2, 0) is 11.2 Å². The smallest absolute Gasteiger partial charge is 0.109 e. The SMILES string of the molecule is CC(C)c1nc2ccc(CCOCCN)cc2[nH]1. The maximum absolute atomic E-state index is 5.39. The van der Waals surface area contributed by atoms with Crippen LogP contribution in [0.15, 0.2) is 18.2 Å². The molecule has 4 heteroatoms. The number of nitrogens with one attached hydrogen (secondary N) is 1. The summed E-state index contributed by atoms with van der Waals surface area (Å²) in [6.45, 7) is 6.20. The zero-order valence-electron chi connectivity index (χ0n) is 11.1. The van der Waals surface area contributed by atoms with E-state index in [4.69, 9.17) is 10.5 Å². The summed E-state index contributed by atoms with van der Waals surface area (Å²) in [4.78, 5) is 7.92. The van der Waals surface area contributed by atoms with E-state index in [-0.39, 0.29) is 0 Å². The van der Waals surface area contributed by atoms with E-state index in [9.17, 15) is 0 Å². The first-order valence-electron chi connectivity index (χ1n) is 6.47. The van der Waals surface area contributed by atoms with E-state index in [0.717, 1.165) is 23.3 Å². The maximum atomic E-state index is 5.39. The minimum absolute atomic E-state index is 0.425. The fraction of sp³-hybridized carbons (Fsp3) is 0.500. The van der Waals surface area contributed by atoms with Gasteiger partial charge in [-0.15, -0.1) is 0 Å². The third-order valence-electron chi connectivity index (χ3n) is 2.91. The number of nitrogens with two attached hydrogens (primary N) is 1. The number of benzene rings is 1. The van der Waals surface area contributed by atoms with E-state index in [1.807, 2.05) is 0 Å². The van der Waals surface area contributed by atoms with Gasteiger partial charge in [-0.1, -0.05) is 19.9 Å². The Morgan fingerprint density at radius 2 is 2.17 bits per heavy atom. The molecule has 0 aliphatic rings. The molecule has 4 nitrogen and oxygen atoms in total. The van der Waals surface area contributed by atoms with Crippen molar-refractivity contribution in [3.8, 4) is 0 Å². The lowest BCUT2D eigenvalue weighted by Crippen LogP contribution is -2.10. The highest BCUT2D eigenvalue weighted by molar-refractivity contribution is 5.76. The molecule has 0 aliphatic heterocycles. The van der Waals surface area contributed by atoms with Crippen LogP contribution in [0.2, 0.25) is 0 Å². The van der Waals surface area contributed by atoms with Crippen molar-refractivity contribution in [2.24, 2.45) is 5.73 Å². The van der Waals surface area contributed by atoms with Crippen molar-refractivity contribution in [2.75, 3.05) is 19.8 Å². The molecule has 0 amide bonds.